The molecule has 0 heterocycles. The van der Waals surface area contributed by atoms with Crippen molar-refractivity contribution in [2.45, 2.75) is 19.4 Å². The molecule has 1 aromatic rings. The first kappa shape index (κ1) is 15.8. The first-order valence-electron chi connectivity index (χ1n) is 6.08. The highest BCUT2D eigenvalue weighted by Crippen LogP contribution is 2.15. The van der Waals surface area contributed by atoms with Gasteiger partial charge in [0.1, 0.15) is 5.75 Å². The molecule has 20 heavy (non-hydrogen) atoms. The van der Waals surface area contributed by atoms with Crippen LogP contribution in [-0.2, 0) is 4.79 Å². The molecule has 1 rings (SSSR count). The molecule has 1 atom stereocenters. The van der Waals surface area contributed by atoms with E-state index in [0.717, 1.165) is 6.92 Å². The largest absolute Gasteiger partial charge is 0.494 e. The maximum atomic E-state index is 11.5. The zero-order valence-corrected chi connectivity index (χ0v) is 11.3. The Morgan fingerprint density at radius 3 is 2.40 bits per heavy atom. The summed E-state index contributed by atoms with van der Waals surface area (Å²) in [5.74, 6) is -0.717. The summed E-state index contributed by atoms with van der Waals surface area (Å²) in [5.41, 5.74) is -1.48. The van der Waals surface area contributed by atoms with Crippen molar-refractivity contribution < 1.29 is 24.5 Å². The lowest BCUT2D eigenvalue weighted by Gasteiger charge is -2.18. The third-order valence-corrected chi connectivity index (χ3v) is 2.48. The van der Waals surface area contributed by atoms with Gasteiger partial charge in [-0.1, -0.05) is 0 Å². The average Bonchev–Trinajstić information content (AvgIpc) is 2.39. The fraction of sp³-hybridized carbons (Fsp3) is 0.385. The van der Waals surface area contributed by atoms with E-state index in [1.165, 1.54) is 0 Å². The SMILES string of the molecule is CCOc1ccc(NC(=O)NCC(C)(O)C(=O)O)cc1. The Morgan fingerprint density at radius 2 is 1.90 bits per heavy atom. The van der Waals surface area contributed by atoms with E-state index in [-0.39, 0.29) is 0 Å². The molecule has 110 valence electrons. The molecule has 1 unspecified atom stereocenters. The van der Waals surface area contributed by atoms with Crippen LogP contribution in [0.4, 0.5) is 10.5 Å². The monoisotopic (exact) mass is 282 g/mol. The minimum atomic E-state index is -2.00. The smallest absolute Gasteiger partial charge is 0.337 e. The van der Waals surface area contributed by atoms with E-state index < -0.39 is 24.1 Å². The number of urea groups is 1. The number of amides is 2. The van der Waals surface area contributed by atoms with Crippen molar-refractivity contribution in [1.29, 1.82) is 0 Å². The van der Waals surface area contributed by atoms with Crippen LogP contribution < -0.4 is 15.4 Å². The second-order valence-corrected chi connectivity index (χ2v) is 4.34. The van der Waals surface area contributed by atoms with Gasteiger partial charge in [-0.25, -0.2) is 9.59 Å². The number of nitrogens with one attached hydrogen (secondary N) is 2. The highest BCUT2D eigenvalue weighted by atomic mass is 16.5. The molecule has 0 aliphatic carbocycles. The van der Waals surface area contributed by atoms with Gasteiger partial charge in [0, 0.05) is 5.69 Å². The number of carboxylic acid groups (broad SMARTS) is 1. The van der Waals surface area contributed by atoms with Crippen LogP contribution in [0.25, 0.3) is 0 Å². The van der Waals surface area contributed by atoms with Crippen LogP contribution in [0.3, 0.4) is 0 Å². The van der Waals surface area contributed by atoms with Gasteiger partial charge in [0.2, 0.25) is 0 Å². The van der Waals surface area contributed by atoms with Crippen molar-refractivity contribution >= 4 is 17.7 Å². The normalized spacial score (nSPS) is 13.2. The predicted molar refractivity (Wildman–Crippen MR) is 72.9 cm³/mol. The van der Waals surface area contributed by atoms with Gasteiger partial charge in [0.15, 0.2) is 5.60 Å². The highest BCUT2D eigenvalue weighted by Gasteiger charge is 2.30. The van der Waals surface area contributed by atoms with Crippen LogP contribution in [0, 0.1) is 0 Å². The zero-order valence-electron chi connectivity index (χ0n) is 11.3. The van der Waals surface area contributed by atoms with Crippen LogP contribution in [0.15, 0.2) is 24.3 Å². The number of carboxylic acids is 1. The number of aliphatic hydroxyl groups is 1. The topological polar surface area (TPSA) is 108 Å². The summed E-state index contributed by atoms with van der Waals surface area (Å²) < 4.78 is 5.26. The summed E-state index contributed by atoms with van der Waals surface area (Å²) in [7, 11) is 0. The maximum absolute atomic E-state index is 11.5. The van der Waals surface area contributed by atoms with E-state index in [2.05, 4.69) is 10.6 Å². The highest BCUT2D eigenvalue weighted by molar-refractivity contribution is 5.90. The molecular formula is C13H18N2O5. The molecule has 4 N–H and O–H groups in total. The van der Waals surface area contributed by atoms with Gasteiger partial charge in [0.05, 0.1) is 13.2 Å². The van der Waals surface area contributed by atoms with E-state index in [1.807, 2.05) is 6.92 Å². The lowest BCUT2D eigenvalue weighted by molar-refractivity contribution is -0.155. The van der Waals surface area contributed by atoms with Crippen molar-refractivity contribution in [3.63, 3.8) is 0 Å². The van der Waals surface area contributed by atoms with Gasteiger partial charge in [-0.2, -0.15) is 0 Å². The van der Waals surface area contributed by atoms with Gasteiger partial charge in [0.25, 0.3) is 0 Å². The maximum Gasteiger partial charge on any atom is 0.337 e. The number of hydrogen-bond donors (Lipinski definition) is 4. The van der Waals surface area contributed by atoms with E-state index >= 15 is 0 Å². The fourth-order valence-electron chi connectivity index (χ4n) is 1.30. The first-order chi connectivity index (χ1) is 9.35. The summed E-state index contributed by atoms with van der Waals surface area (Å²) >= 11 is 0. The predicted octanol–water partition coefficient (Wildman–Crippen LogP) is 1.04. The third kappa shape index (κ3) is 4.77. The summed E-state index contributed by atoms with van der Waals surface area (Å²) in [6.07, 6.45) is 0. The minimum Gasteiger partial charge on any atom is -0.494 e. The third-order valence-electron chi connectivity index (χ3n) is 2.48. The number of aliphatic carboxylic acids is 1. The average molecular weight is 282 g/mol. The summed E-state index contributed by atoms with van der Waals surface area (Å²) in [6, 6.07) is 6.11. The molecule has 0 spiro atoms. The van der Waals surface area contributed by atoms with Crippen LogP contribution in [-0.4, -0.2) is 41.0 Å². The van der Waals surface area contributed by atoms with Crippen molar-refractivity contribution in [2.75, 3.05) is 18.5 Å². The summed E-state index contributed by atoms with van der Waals surface area (Å²) in [6.45, 7) is 3.13. The first-order valence-corrected chi connectivity index (χ1v) is 6.08. The Morgan fingerprint density at radius 1 is 1.30 bits per heavy atom. The Balaban J connectivity index is 2.48. The number of benzene rings is 1. The van der Waals surface area contributed by atoms with Crippen LogP contribution in [0.1, 0.15) is 13.8 Å². The Kier molecular flexibility index (Phi) is 5.33. The van der Waals surface area contributed by atoms with Crippen molar-refractivity contribution in [2.24, 2.45) is 0 Å². The number of anilines is 1. The summed E-state index contributed by atoms with van der Waals surface area (Å²) in [4.78, 5) is 22.2. The molecule has 7 nitrogen and oxygen atoms in total. The molecule has 0 aliphatic rings. The van der Waals surface area contributed by atoms with Crippen LogP contribution >= 0.6 is 0 Å². The molecule has 0 bridgehead atoms. The van der Waals surface area contributed by atoms with E-state index in [1.54, 1.807) is 24.3 Å². The number of ether oxygens (including phenoxy) is 1. The Labute approximate surface area is 116 Å². The summed E-state index contributed by atoms with van der Waals surface area (Å²) in [5, 5.41) is 22.9. The van der Waals surface area contributed by atoms with Crippen molar-refractivity contribution in [1.82, 2.24) is 5.32 Å². The van der Waals surface area contributed by atoms with E-state index in [9.17, 15) is 14.7 Å². The van der Waals surface area contributed by atoms with Gasteiger partial charge >= 0.3 is 12.0 Å². The molecular weight excluding hydrogens is 264 g/mol. The molecule has 0 saturated heterocycles. The van der Waals surface area contributed by atoms with Crippen molar-refractivity contribution in [3.05, 3.63) is 24.3 Å². The number of carbonyl (C=O) groups is 2. The second kappa shape index (κ2) is 6.76. The standard InChI is InChI=1S/C13H18N2O5/c1-3-20-10-6-4-9(5-7-10)15-12(18)14-8-13(2,19)11(16)17/h4-7,19H,3,8H2,1-2H3,(H,16,17)(H2,14,15,18). The number of rotatable bonds is 6. The lowest BCUT2D eigenvalue weighted by atomic mass is 10.1. The molecule has 7 heteroatoms. The minimum absolute atomic E-state index is 0.398. The van der Waals surface area contributed by atoms with Gasteiger partial charge in [-0.15, -0.1) is 0 Å². The zero-order chi connectivity index (χ0) is 15.2. The van der Waals surface area contributed by atoms with Gasteiger partial charge in [-0.05, 0) is 38.1 Å². The lowest BCUT2D eigenvalue weighted by Crippen LogP contribution is -2.47. The quantitative estimate of drug-likeness (QED) is 0.623. The fourth-order valence-corrected chi connectivity index (χ4v) is 1.30. The number of hydrogen-bond acceptors (Lipinski definition) is 4. The molecule has 1 aromatic carbocycles. The Hall–Kier alpha value is -2.28. The molecule has 2 amide bonds. The van der Waals surface area contributed by atoms with Crippen LogP contribution in [0.2, 0.25) is 0 Å². The molecule has 0 saturated carbocycles. The number of carbonyl (C=O) groups excluding carboxylic acids is 1. The molecule has 0 aliphatic heterocycles. The van der Waals surface area contributed by atoms with E-state index in [0.29, 0.717) is 18.0 Å². The molecule has 0 radical (unpaired) electrons. The van der Waals surface area contributed by atoms with Gasteiger partial charge < -0.3 is 25.6 Å². The van der Waals surface area contributed by atoms with Crippen LogP contribution in [0.5, 0.6) is 5.75 Å². The van der Waals surface area contributed by atoms with Gasteiger partial charge in [-0.3, -0.25) is 0 Å². The van der Waals surface area contributed by atoms with Crippen molar-refractivity contribution in [3.8, 4) is 5.75 Å². The molecule has 0 fully saturated rings. The van der Waals surface area contributed by atoms with E-state index in [4.69, 9.17) is 9.84 Å². The molecule has 0 aromatic heterocycles. The second-order valence-electron chi connectivity index (χ2n) is 4.34. The Bertz CT molecular complexity index is 470.